The molecule has 0 aromatic heterocycles. The second-order valence-electron chi connectivity index (χ2n) is 7.43. The molecule has 3 rings (SSSR count). The predicted molar refractivity (Wildman–Crippen MR) is 113 cm³/mol. The van der Waals surface area contributed by atoms with Gasteiger partial charge in [-0.3, -0.25) is 9.03 Å². The van der Waals surface area contributed by atoms with E-state index in [9.17, 15) is 16.8 Å². The molecule has 0 radical (unpaired) electrons. The molecule has 2 aromatic rings. The van der Waals surface area contributed by atoms with Crippen molar-refractivity contribution in [2.24, 2.45) is 0 Å². The van der Waals surface area contributed by atoms with Crippen LogP contribution in [0, 0.1) is 27.7 Å². The second kappa shape index (κ2) is 7.40. The Bertz CT molecular complexity index is 1100. The molecule has 0 aliphatic carbocycles. The number of benzene rings is 2. The molecule has 0 atom stereocenters. The van der Waals surface area contributed by atoms with Gasteiger partial charge in [-0.05, 0) is 81.0 Å². The summed E-state index contributed by atoms with van der Waals surface area (Å²) < 4.78 is 55.0. The Hall–Kier alpha value is -2.06. The molecule has 1 heterocycles. The molecule has 0 bridgehead atoms. The fraction of sp³-hybridized carbons (Fsp3) is 0.400. The van der Waals surface area contributed by atoms with Gasteiger partial charge in [0.05, 0.1) is 22.0 Å². The van der Waals surface area contributed by atoms with Crippen LogP contribution < -0.4 is 9.03 Å². The molecular weight excluding hydrogens is 396 g/mol. The van der Waals surface area contributed by atoms with Crippen LogP contribution in [-0.4, -0.2) is 29.1 Å². The minimum atomic E-state index is -3.81. The van der Waals surface area contributed by atoms with Gasteiger partial charge in [0.25, 0.3) is 10.0 Å². The molecule has 0 amide bonds. The van der Waals surface area contributed by atoms with Gasteiger partial charge in [-0.2, -0.15) is 0 Å². The number of hydrogen-bond acceptors (Lipinski definition) is 4. The van der Waals surface area contributed by atoms with E-state index >= 15 is 0 Å². The fourth-order valence-corrected chi connectivity index (χ4v) is 6.82. The van der Waals surface area contributed by atoms with Crippen molar-refractivity contribution in [2.45, 2.75) is 45.4 Å². The van der Waals surface area contributed by atoms with Gasteiger partial charge in [0.2, 0.25) is 10.0 Å². The highest BCUT2D eigenvalue weighted by molar-refractivity contribution is 7.93. The van der Waals surface area contributed by atoms with Crippen LogP contribution in [0.25, 0.3) is 0 Å². The van der Waals surface area contributed by atoms with Crippen LogP contribution in [0.4, 0.5) is 11.4 Å². The Labute approximate surface area is 167 Å². The summed E-state index contributed by atoms with van der Waals surface area (Å²) in [6.45, 7) is 7.58. The third-order valence-corrected chi connectivity index (χ3v) is 8.53. The third kappa shape index (κ3) is 4.03. The fourth-order valence-electron chi connectivity index (χ4n) is 3.62. The summed E-state index contributed by atoms with van der Waals surface area (Å²) >= 11 is 0. The molecule has 1 N–H and O–H groups in total. The first-order valence-corrected chi connectivity index (χ1v) is 12.3. The molecule has 0 spiro atoms. The van der Waals surface area contributed by atoms with Gasteiger partial charge in [0.1, 0.15) is 0 Å². The summed E-state index contributed by atoms with van der Waals surface area (Å²) in [5.74, 6) is 0.124. The smallest absolute Gasteiger partial charge is 0.262 e. The molecular formula is C20H26N2O4S2. The van der Waals surface area contributed by atoms with Crippen LogP contribution >= 0.6 is 0 Å². The maximum absolute atomic E-state index is 13.1. The van der Waals surface area contributed by atoms with Crippen LogP contribution in [0.2, 0.25) is 0 Å². The average molecular weight is 423 g/mol. The van der Waals surface area contributed by atoms with Crippen molar-refractivity contribution < 1.29 is 16.8 Å². The highest BCUT2D eigenvalue weighted by Gasteiger charge is 2.28. The maximum Gasteiger partial charge on any atom is 0.262 e. The SMILES string of the molecule is Cc1ccc(C)c(NS(=O)(=O)c2c(C)cc(N3CCCCS3(=O)=O)cc2C)c1. The van der Waals surface area contributed by atoms with Gasteiger partial charge >= 0.3 is 0 Å². The Kier molecular flexibility index (Phi) is 5.46. The molecule has 1 aliphatic rings. The van der Waals surface area contributed by atoms with Crippen LogP contribution in [0.5, 0.6) is 0 Å². The van der Waals surface area contributed by atoms with Crippen LogP contribution in [0.1, 0.15) is 35.1 Å². The van der Waals surface area contributed by atoms with Crippen molar-refractivity contribution >= 4 is 31.4 Å². The van der Waals surface area contributed by atoms with E-state index in [1.165, 1.54) is 4.31 Å². The summed E-state index contributed by atoms with van der Waals surface area (Å²) in [5, 5.41) is 0. The lowest BCUT2D eigenvalue weighted by Gasteiger charge is -2.29. The lowest BCUT2D eigenvalue weighted by atomic mass is 10.1. The van der Waals surface area contributed by atoms with Crippen molar-refractivity contribution in [3.8, 4) is 0 Å². The number of sulfonamides is 2. The van der Waals surface area contributed by atoms with Gasteiger partial charge < -0.3 is 0 Å². The first-order chi connectivity index (χ1) is 13.0. The summed E-state index contributed by atoms with van der Waals surface area (Å²) in [5.41, 5.74) is 3.91. The Morgan fingerprint density at radius 2 is 1.57 bits per heavy atom. The summed E-state index contributed by atoms with van der Waals surface area (Å²) in [6.07, 6.45) is 1.45. The number of nitrogens with zero attached hydrogens (tertiary/aromatic N) is 1. The molecule has 152 valence electrons. The van der Waals surface area contributed by atoms with Crippen LogP contribution in [0.3, 0.4) is 0 Å². The average Bonchev–Trinajstić information content (AvgIpc) is 2.56. The van der Waals surface area contributed by atoms with Gasteiger partial charge in [0.15, 0.2) is 0 Å². The Morgan fingerprint density at radius 1 is 0.929 bits per heavy atom. The number of aryl methyl sites for hydroxylation is 4. The van der Waals surface area contributed by atoms with E-state index in [-0.39, 0.29) is 10.6 Å². The molecule has 2 aromatic carbocycles. The lowest BCUT2D eigenvalue weighted by molar-refractivity contribution is 0.574. The van der Waals surface area contributed by atoms with Crippen molar-refractivity contribution in [3.05, 3.63) is 52.6 Å². The maximum atomic E-state index is 13.1. The Morgan fingerprint density at radius 3 is 2.18 bits per heavy atom. The van der Waals surface area contributed by atoms with E-state index in [0.717, 1.165) is 17.5 Å². The topological polar surface area (TPSA) is 83.6 Å². The molecule has 0 saturated carbocycles. The van der Waals surface area contributed by atoms with Crippen molar-refractivity contribution in [3.63, 3.8) is 0 Å². The minimum absolute atomic E-state index is 0.124. The van der Waals surface area contributed by atoms with Gasteiger partial charge in [0, 0.05) is 6.54 Å². The first kappa shape index (κ1) is 20.7. The molecule has 6 nitrogen and oxygen atoms in total. The van der Waals surface area contributed by atoms with Gasteiger partial charge in [-0.1, -0.05) is 12.1 Å². The number of anilines is 2. The van der Waals surface area contributed by atoms with Gasteiger partial charge in [-0.25, -0.2) is 16.8 Å². The zero-order valence-electron chi connectivity index (χ0n) is 16.6. The lowest BCUT2D eigenvalue weighted by Crippen LogP contribution is -2.38. The van der Waals surface area contributed by atoms with Crippen LogP contribution in [-0.2, 0) is 20.0 Å². The number of hydrogen-bond donors (Lipinski definition) is 1. The van der Waals surface area contributed by atoms with E-state index in [0.29, 0.717) is 35.5 Å². The minimum Gasteiger partial charge on any atom is -0.279 e. The normalized spacial score (nSPS) is 16.8. The van der Waals surface area contributed by atoms with E-state index in [4.69, 9.17) is 0 Å². The van der Waals surface area contributed by atoms with E-state index in [1.54, 1.807) is 32.0 Å². The third-order valence-electron chi connectivity index (χ3n) is 4.99. The molecule has 1 fully saturated rings. The monoisotopic (exact) mass is 422 g/mol. The highest BCUT2D eigenvalue weighted by Crippen LogP contribution is 2.31. The molecule has 28 heavy (non-hydrogen) atoms. The van der Waals surface area contributed by atoms with E-state index < -0.39 is 20.0 Å². The molecule has 0 unspecified atom stereocenters. The number of nitrogens with one attached hydrogen (secondary N) is 1. The molecule has 1 aliphatic heterocycles. The standard InChI is InChI=1S/C20H26N2O4S2/c1-14-7-8-15(2)19(11-14)21-28(25,26)20-16(3)12-18(13-17(20)4)22-9-5-6-10-27(22,23)24/h7-8,11-13,21H,5-6,9-10H2,1-4H3. The Balaban J connectivity index is 2.02. The summed E-state index contributed by atoms with van der Waals surface area (Å²) in [4.78, 5) is 0.187. The largest absolute Gasteiger partial charge is 0.279 e. The first-order valence-electron chi connectivity index (χ1n) is 9.23. The molecule has 8 heteroatoms. The zero-order valence-corrected chi connectivity index (χ0v) is 18.2. The predicted octanol–water partition coefficient (Wildman–Crippen LogP) is 3.65. The second-order valence-corrected chi connectivity index (χ2v) is 11.1. The van der Waals surface area contributed by atoms with Crippen molar-refractivity contribution in [1.82, 2.24) is 0 Å². The summed E-state index contributed by atoms with van der Waals surface area (Å²) in [6, 6.07) is 8.89. The van der Waals surface area contributed by atoms with E-state index in [1.807, 2.05) is 26.0 Å². The van der Waals surface area contributed by atoms with Crippen molar-refractivity contribution in [1.29, 1.82) is 0 Å². The summed E-state index contributed by atoms with van der Waals surface area (Å²) in [7, 11) is -7.16. The quantitative estimate of drug-likeness (QED) is 0.815. The highest BCUT2D eigenvalue weighted by atomic mass is 32.2. The van der Waals surface area contributed by atoms with Crippen LogP contribution in [0.15, 0.2) is 35.2 Å². The van der Waals surface area contributed by atoms with Gasteiger partial charge in [-0.15, -0.1) is 0 Å². The molecule has 1 saturated heterocycles. The van der Waals surface area contributed by atoms with Crippen molar-refractivity contribution in [2.75, 3.05) is 21.3 Å². The zero-order chi connectivity index (χ0) is 20.7. The van der Waals surface area contributed by atoms with E-state index in [2.05, 4.69) is 4.72 Å². The number of rotatable bonds is 4.